The Bertz CT molecular complexity index is 796. The van der Waals surface area contributed by atoms with E-state index in [0.29, 0.717) is 21.4 Å². The Morgan fingerprint density at radius 2 is 1.91 bits per heavy atom. The van der Waals surface area contributed by atoms with Crippen LogP contribution in [0.1, 0.15) is 28.4 Å². The van der Waals surface area contributed by atoms with E-state index < -0.39 is 5.97 Å². The van der Waals surface area contributed by atoms with Crippen LogP contribution in [0.15, 0.2) is 42.5 Å². The smallest absolute Gasteiger partial charge is 0.335 e. The highest BCUT2D eigenvalue weighted by atomic mass is 35.5. The molecule has 0 fully saturated rings. The number of carboxylic acids is 1. The minimum atomic E-state index is -0.988. The quantitative estimate of drug-likeness (QED) is 0.849. The normalized spacial score (nSPS) is 16.5. The van der Waals surface area contributed by atoms with Gasteiger partial charge < -0.3 is 9.84 Å². The first kappa shape index (κ1) is 14.9. The van der Waals surface area contributed by atoms with Gasteiger partial charge in [0.05, 0.1) is 5.56 Å². The Balaban J connectivity index is 2.22. The summed E-state index contributed by atoms with van der Waals surface area (Å²) >= 11 is 12.4. The van der Waals surface area contributed by atoms with E-state index in [1.165, 1.54) is 6.07 Å². The van der Waals surface area contributed by atoms with E-state index in [-0.39, 0.29) is 11.7 Å². The van der Waals surface area contributed by atoms with E-state index in [4.69, 9.17) is 27.9 Å². The third kappa shape index (κ3) is 2.70. The lowest BCUT2D eigenvalue weighted by molar-refractivity contribution is 0.0697. The van der Waals surface area contributed by atoms with Crippen LogP contribution in [0, 0.1) is 0 Å². The van der Waals surface area contributed by atoms with Crippen molar-refractivity contribution in [2.75, 3.05) is 0 Å². The van der Waals surface area contributed by atoms with Gasteiger partial charge in [0, 0.05) is 21.2 Å². The minimum absolute atomic E-state index is 0.145. The van der Waals surface area contributed by atoms with Gasteiger partial charge >= 0.3 is 5.97 Å². The maximum atomic E-state index is 11.2. The summed E-state index contributed by atoms with van der Waals surface area (Å²) in [7, 11) is 0. The molecule has 0 spiro atoms. The number of hydrogen-bond donors (Lipinski definition) is 1. The van der Waals surface area contributed by atoms with Crippen LogP contribution in [-0.2, 0) is 0 Å². The number of fused-ring (bicyclic) bond motifs is 1. The summed E-state index contributed by atoms with van der Waals surface area (Å²) in [5, 5.41) is 10.3. The molecule has 3 nitrogen and oxygen atoms in total. The molecule has 2 aromatic carbocycles. The van der Waals surface area contributed by atoms with Crippen molar-refractivity contribution in [1.82, 2.24) is 0 Å². The summed E-state index contributed by atoms with van der Waals surface area (Å²) in [5.41, 5.74) is 2.47. The summed E-state index contributed by atoms with van der Waals surface area (Å²) in [6.07, 6.45) is 1.76. The van der Waals surface area contributed by atoms with Crippen molar-refractivity contribution in [3.8, 4) is 5.75 Å². The van der Waals surface area contributed by atoms with Crippen molar-refractivity contribution >= 4 is 34.7 Å². The lowest BCUT2D eigenvalue weighted by Gasteiger charge is -2.24. The van der Waals surface area contributed by atoms with Crippen LogP contribution in [0.2, 0.25) is 10.0 Å². The second-order valence-electron chi connectivity index (χ2n) is 5.04. The monoisotopic (exact) mass is 334 g/mol. The van der Waals surface area contributed by atoms with Crippen LogP contribution in [0.25, 0.3) is 5.57 Å². The molecular formula is C17H12Cl2O3. The first-order chi connectivity index (χ1) is 10.5. The Hall–Kier alpha value is -1.97. The number of aromatic carboxylic acids is 1. The van der Waals surface area contributed by atoms with Crippen LogP contribution in [0.4, 0.5) is 0 Å². The maximum Gasteiger partial charge on any atom is 0.335 e. The molecule has 2 aromatic rings. The van der Waals surface area contributed by atoms with Gasteiger partial charge in [-0.15, -0.1) is 0 Å². The number of hydrogen-bond acceptors (Lipinski definition) is 2. The largest absolute Gasteiger partial charge is 0.486 e. The molecule has 0 saturated heterocycles. The van der Waals surface area contributed by atoms with Crippen LogP contribution in [-0.4, -0.2) is 17.2 Å². The third-order valence-electron chi connectivity index (χ3n) is 3.45. The van der Waals surface area contributed by atoms with Gasteiger partial charge in [-0.2, -0.15) is 0 Å². The van der Waals surface area contributed by atoms with Gasteiger partial charge in [0.25, 0.3) is 0 Å². The molecule has 0 aromatic heterocycles. The van der Waals surface area contributed by atoms with Crippen molar-refractivity contribution in [3.05, 3.63) is 69.2 Å². The summed E-state index contributed by atoms with van der Waals surface area (Å²) in [4.78, 5) is 11.2. The third-order valence-corrected chi connectivity index (χ3v) is 4.01. The standard InChI is InChI=1S/C17H12Cl2O3/c1-9-6-12(13-8-11(18)3-4-15(13)19)14-7-10(17(20)21)2-5-16(14)22-9/h2-9H,1H3,(H,20,21). The fourth-order valence-corrected chi connectivity index (χ4v) is 2.87. The number of carboxylic acid groups (broad SMARTS) is 1. The van der Waals surface area contributed by atoms with Gasteiger partial charge in [-0.05, 0) is 55.0 Å². The molecule has 1 N–H and O–H groups in total. The molecule has 1 heterocycles. The van der Waals surface area contributed by atoms with E-state index >= 15 is 0 Å². The van der Waals surface area contributed by atoms with E-state index in [9.17, 15) is 9.90 Å². The van der Waals surface area contributed by atoms with Crippen molar-refractivity contribution in [3.63, 3.8) is 0 Å². The summed E-state index contributed by atoms with van der Waals surface area (Å²) < 4.78 is 5.74. The summed E-state index contributed by atoms with van der Waals surface area (Å²) in [5.74, 6) is -0.357. The highest BCUT2D eigenvalue weighted by Crippen LogP contribution is 2.39. The first-order valence-corrected chi connectivity index (χ1v) is 7.43. The number of rotatable bonds is 2. The summed E-state index contributed by atoms with van der Waals surface area (Å²) in [6, 6.07) is 9.99. The number of carbonyl (C=O) groups is 1. The molecule has 1 aliphatic heterocycles. The molecule has 1 atom stereocenters. The SMILES string of the molecule is CC1C=C(c2cc(Cl)ccc2Cl)c2cc(C(=O)O)ccc2O1. The Labute approximate surface area is 137 Å². The zero-order valence-corrected chi connectivity index (χ0v) is 13.2. The number of benzene rings is 2. The van der Waals surface area contributed by atoms with Crippen LogP contribution in [0.5, 0.6) is 5.75 Å². The van der Waals surface area contributed by atoms with Crippen molar-refractivity contribution < 1.29 is 14.6 Å². The van der Waals surface area contributed by atoms with Crippen LogP contribution < -0.4 is 4.74 Å². The average molecular weight is 335 g/mol. The number of halogens is 2. The Morgan fingerprint density at radius 3 is 2.64 bits per heavy atom. The van der Waals surface area contributed by atoms with Crippen molar-refractivity contribution in [2.45, 2.75) is 13.0 Å². The van der Waals surface area contributed by atoms with E-state index in [2.05, 4.69) is 0 Å². The van der Waals surface area contributed by atoms with E-state index in [1.807, 2.05) is 13.0 Å². The van der Waals surface area contributed by atoms with Crippen LogP contribution >= 0.6 is 23.2 Å². The fraction of sp³-hybridized carbons (Fsp3) is 0.118. The number of ether oxygens (including phenoxy) is 1. The molecule has 112 valence electrons. The molecule has 3 rings (SSSR count). The van der Waals surface area contributed by atoms with Gasteiger partial charge in [-0.25, -0.2) is 4.79 Å². The van der Waals surface area contributed by atoms with Crippen molar-refractivity contribution in [1.29, 1.82) is 0 Å². The van der Waals surface area contributed by atoms with Gasteiger partial charge in [-0.1, -0.05) is 23.2 Å². The highest BCUT2D eigenvalue weighted by molar-refractivity contribution is 6.34. The molecule has 1 aliphatic rings. The minimum Gasteiger partial charge on any atom is -0.486 e. The van der Waals surface area contributed by atoms with Gasteiger partial charge in [-0.3, -0.25) is 0 Å². The molecule has 0 amide bonds. The topological polar surface area (TPSA) is 46.5 Å². The zero-order valence-electron chi connectivity index (χ0n) is 11.6. The molecule has 0 aliphatic carbocycles. The molecule has 0 saturated carbocycles. The van der Waals surface area contributed by atoms with Gasteiger partial charge in [0.1, 0.15) is 11.9 Å². The van der Waals surface area contributed by atoms with Gasteiger partial charge in [0.2, 0.25) is 0 Å². The molecule has 0 bridgehead atoms. The lowest BCUT2D eigenvalue weighted by atomic mass is 9.92. The second-order valence-corrected chi connectivity index (χ2v) is 5.89. The second kappa shape index (κ2) is 5.67. The summed E-state index contributed by atoms with van der Waals surface area (Å²) in [6.45, 7) is 1.91. The molecule has 0 radical (unpaired) electrons. The molecule has 1 unspecified atom stereocenters. The predicted octanol–water partition coefficient (Wildman–Crippen LogP) is 4.90. The first-order valence-electron chi connectivity index (χ1n) is 6.67. The zero-order chi connectivity index (χ0) is 15.9. The highest BCUT2D eigenvalue weighted by Gasteiger charge is 2.22. The maximum absolute atomic E-state index is 11.2. The average Bonchev–Trinajstić information content (AvgIpc) is 2.48. The van der Waals surface area contributed by atoms with Crippen LogP contribution in [0.3, 0.4) is 0 Å². The lowest BCUT2D eigenvalue weighted by Crippen LogP contribution is -2.16. The van der Waals surface area contributed by atoms with Crippen molar-refractivity contribution in [2.24, 2.45) is 0 Å². The van der Waals surface area contributed by atoms with Gasteiger partial charge in [0.15, 0.2) is 0 Å². The Kier molecular flexibility index (Phi) is 3.85. The molecule has 5 heteroatoms. The fourth-order valence-electron chi connectivity index (χ4n) is 2.47. The predicted molar refractivity (Wildman–Crippen MR) is 87.0 cm³/mol. The Morgan fingerprint density at radius 1 is 1.14 bits per heavy atom. The molecular weight excluding hydrogens is 323 g/mol. The van der Waals surface area contributed by atoms with E-state index in [1.54, 1.807) is 30.3 Å². The molecule has 22 heavy (non-hydrogen) atoms. The van der Waals surface area contributed by atoms with E-state index in [0.717, 1.165) is 11.1 Å².